The molecule has 0 aliphatic carbocycles. The Labute approximate surface area is 141 Å². The number of fused-ring (bicyclic) bond motifs is 1. The lowest BCUT2D eigenvalue weighted by Gasteiger charge is -2.12. The van der Waals surface area contributed by atoms with Crippen molar-refractivity contribution in [3.8, 4) is 11.3 Å². The average Bonchev–Trinajstić information content (AvgIpc) is 2.56. The minimum Gasteiger partial charge on any atom is -0.478 e. The van der Waals surface area contributed by atoms with Crippen LogP contribution in [0.2, 0.25) is 0 Å². The molecule has 1 aromatic heterocycles. The Kier molecular flexibility index (Phi) is 3.99. The highest BCUT2D eigenvalue weighted by atomic mass is 19.4. The molecule has 25 heavy (non-hydrogen) atoms. The van der Waals surface area contributed by atoms with E-state index in [1.165, 1.54) is 18.2 Å². The van der Waals surface area contributed by atoms with Crippen molar-refractivity contribution in [2.45, 2.75) is 20.0 Å². The van der Waals surface area contributed by atoms with Crippen molar-refractivity contribution in [2.24, 2.45) is 0 Å². The Morgan fingerprint density at radius 2 is 1.80 bits per heavy atom. The van der Waals surface area contributed by atoms with Gasteiger partial charge in [0.25, 0.3) is 0 Å². The molecular weight excluding hydrogens is 331 g/mol. The van der Waals surface area contributed by atoms with Crippen LogP contribution >= 0.6 is 0 Å². The van der Waals surface area contributed by atoms with Gasteiger partial charge in [0, 0.05) is 10.9 Å². The van der Waals surface area contributed by atoms with Crippen LogP contribution in [0.5, 0.6) is 0 Å². The fourth-order valence-corrected chi connectivity index (χ4v) is 2.71. The Morgan fingerprint density at radius 1 is 1.08 bits per heavy atom. The highest BCUT2D eigenvalue weighted by molar-refractivity contribution is 6.04. The number of aryl methyl sites for hydroxylation is 2. The molecule has 2 aromatic carbocycles. The number of aromatic carboxylic acids is 1. The number of hydrogen-bond acceptors (Lipinski definition) is 2. The van der Waals surface area contributed by atoms with Gasteiger partial charge < -0.3 is 5.11 Å². The summed E-state index contributed by atoms with van der Waals surface area (Å²) in [6.45, 7) is 3.68. The largest absolute Gasteiger partial charge is 0.478 e. The third-order valence-electron chi connectivity index (χ3n) is 4.22. The van der Waals surface area contributed by atoms with Crippen LogP contribution in [0.4, 0.5) is 13.2 Å². The molecule has 0 fully saturated rings. The molecule has 0 atom stereocenters. The Bertz CT molecular complexity index is 994. The van der Waals surface area contributed by atoms with Crippen molar-refractivity contribution in [1.82, 2.24) is 4.98 Å². The summed E-state index contributed by atoms with van der Waals surface area (Å²) in [7, 11) is 0. The number of hydrogen-bond donors (Lipinski definition) is 1. The predicted molar refractivity (Wildman–Crippen MR) is 88.6 cm³/mol. The molecule has 0 aliphatic rings. The molecule has 128 valence electrons. The van der Waals surface area contributed by atoms with Crippen LogP contribution in [0.15, 0.2) is 42.5 Å². The molecule has 0 radical (unpaired) electrons. The maximum absolute atomic E-state index is 12.9. The Balaban J connectivity index is 2.31. The lowest BCUT2D eigenvalue weighted by molar-refractivity contribution is -0.137. The van der Waals surface area contributed by atoms with E-state index in [-0.39, 0.29) is 16.8 Å². The highest BCUT2D eigenvalue weighted by Gasteiger charge is 2.30. The van der Waals surface area contributed by atoms with Gasteiger partial charge in [-0.05, 0) is 43.2 Å². The van der Waals surface area contributed by atoms with E-state index >= 15 is 0 Å². The topological polar surface area (TPSA) is 50.2 Å². The minimum atomic E-state index is -4.48. The number of alkyl halides is 3. The summed E-state index contributed by atoms with van der Waals surface area (Å²) >= 11 is 0. The van der Waals surface area contributed by atoms with Crippen LogP contribution in [0, 0.1) is 13.8 Å². The molecular formula is C19H14F3NO2. The molecule has 3 rings (SSSR count). The Morgan fingerprint density at radius 3 is 2.44 bits per heavy atom. The van der Waals surface area contributed by atoms with Crippen LogP contribution in [0.1, 0.15) is 27.0 Å². The summed E-state index contributed by atoms with van der Waals surface area (Å²) in [5, 5.41) is 9.95. The van der Waals surface area contributed by atoms with Gasteiger partial charge in [-0.15, -0.1) is 0 Å². The fraction of sp³-hybridized carbons (Fsp3) is 0.158. The summed E-state index contributed by atoms with van der Waals surface area (Å²) in [6.07, 6.45) is -4.48. The number of nitrogens with zero attached hydrogens (tertiary/aromatic N) is 1. The summed E-state index contributed by atoms with van der Waals surface area (Å²) in [5.74, 6) is -1.15. The third-order valence-corrected chi connectivity index (χ3v) is 4.22. The first-order chi connectivity index (χ1) is 11.7. The molecule has 0 aliphatic heterocycles. The first-order valence-corrected chi connectivity index (χ1v) is 7.50. The summed E-state index contributed by atoms with van der Waals surface area (Å²) in [6, 6.07) is 9.51. The van der Waals surface area contributed by atoms with Crippen molar-refractivity contribution in [3.05, 3.63) is 64.7 Å². The van der Waals surface area contributed by atoms with Crippen LogP contribution in [-0.4, -0.2) is 16.1 Å². The monoisotopic (exact) mass is 345 g/mol. The second kappa shape index (κ2) is 5.88. The average molecular weight is 345 g/mol. The van der Waals surface area contributed by atoms with Gasteiger partial charge in [-0.3, -0.25) is 0 Å². The third kappa shape index (κ3) is 3.07. The maximum atomic E-state index is 12.9. The smallest absolute Gasteiger partial charge is 0.416 e. The predicted octanol–water partition coefficient (Wildman–Crippen LogP) is 5.24. The van der Waals surface area contributed by atoms with Gasteiger partial charge in [0.15, 0.2) is 0 Å². The number of carboxylic acid groups (broad SMARTS) is 1. The van der Waals surface area contributed by atoms with Gasteiger partial charge in [-0.1, -0.05) is 24.3 Å². The first kappa shape index (κ1) is 17.0. The quantitative estimate of drug-likeness (QED) is 0.691. The standard InChI is InChI=1S/C19H14F3NO2/c1-10-6-7-14-15(18(24)25)9-16(23-17(14)11(10)2)12-4-3-5-13(8-12)19(20,21)22/h3-9H,1-2H3,(H,24,25). The molecule has 3 aromatic rings. The van der Waals surface area contributed by atoms with Crippen molar-refractivity contribution < 1.29 is 23.1 Å². The number of rotatable bonds is 2. The van der Waals surface area contributed by atoms with E-state index in [1.807, 2.05) is 13.8 Å². The molecule has 3 nitrogen and oxygen atoms in total. The lowest BCUT2D eigenvalue weighted by Crippen LogP contribution is -2.05. The number of carbonyl (C=O) groups is 1. The van der Waals surface area contributed by atoms with E-state index < -0.39 is 17.7 Å². The molecule has 0 unspecified atom stereocenters. The van der Waals surface area contributed by atoms with Crippen molar-refractivity contribution >= 4 is 16.9 Å². The van der Waals surface area contributed by atoms with E-state index in [4.69, 9.17) is 0 Å². The van der Waals surface area contributed by atoms with E-state index in [0.717, 1.165) is 23.3 Å². The zero-order valence-electron chi connectivity index (χ0n) is 13.5. The molecule has 0 spiro atoms. The van der Waals surface area contributed by atoms with Gasteiger partial charge in [0.2, 0.25) is 0 Å². The van der Waals surface area contributed by atoms with Crippen LogP contribution < -0.4 is 0 Å². The van der Waals surface area contributed by atoms with Gasteiger partial charge >= 0.3 is 12.1 Å². The number of halogens is 3. The molecule has 0 saturated heterocycles. The number of benzene rings is 2. The number of aromatic nitrogens is 1. The second-order valence-corrected chi connectivity index (χ2v) is 5.84. The van der Waals surface area contributed by atoms with E-state index in [9.17, 15) is 23.1 Å². The van der Waals surface area contributed by atoms with Crippen LogP contribution in [-0.2, 0) is 6.18 Å². The molecule has 1 heterocycles. The van der Waals surface area contributed by atoms with E-state index in [1.54, 1.807) is 12.1 Å². The SMILES string of the molecule is Cc1ccc2c(C(=O)O)cc(-c3cccc(C(F)(F)F)c3)nc2c1C. The van der Waals surface area contributed by atoms with Gasteiger partial charge in [-0.2, -0.15) is 13.2 Å². The molecule has 0 bridgehead atoms. The van der Waals surface area contributed by atoms with Crippen molar-refractivity contribution in [1.29, 1.82) is 0 Å². The molecule has 6 heteroatoms. The van der Waals surface area contributed by atoms with Crippen LogP contribution in [0.3, 0.4) is 0 Å². The summed E-state index contributed by atoms with van der Waals surface area (Å²) < 4.78 is 38.8. The van der Waals surface area contributed by atoms with Crippen molar-refractivity contribution in [2.75, 3.05) is 0 Å². The maximum Gasteiger partial charge on any atom is 0.416 e. The van der Waals surface area contributed by atoms with Crippen molar-refractivity contribution in [3.63, 3.8) is 0 Å². The summed E-state index contributed by atoms with van der Waals surface area (Å²) in [5.41, 5.74) is 1.84. The molecule has 0 saturated carbocycles. The molecule has 1 N–H and O–H groups in total. The van der Waals surface area contributed by atoms with Gasteiger partial charge in [0.05, 0.1) is 22.3 Å². The van der Waals surface area contributed by atoms with E-state index in [0.29, 0.717) is 10.9 Å². The summed E-state index contributed by atoms with van der Waals surface area (Å²) in [4.78, 5) is 16.1. The number of pyridine rings is 1. The second-order valence-electron chi connectivity index (χ2n) is 5.84. The lowest BCUT2D eigenvalue weighted by atomic mass is 9.99. The minimum absolute atomic E-state index is 0.0144. The number of carboxylic acids is 1. The van der Waals surface area contributed by atoms with E-state index in [2.05, 4.69) is 4.98 Å². The van der Waals surface area contributed by atoms with Crippen LogP contribution in [0.25, 0.3) is 22.2 Å². The Hall–Kier alpha value is -2.89. The normalized spacial score (nSPS) is 11.7. The fourth-order valence-electron chi connectivity index (χ4n) is 2.71. The zero-order chi connectivity index (χ0) is 18.4. The highest BCUT2D eigenvalue weighted by Crippen LogP contribution is 2.33. The first-order valence-electron chi connectivity index (χ1n) is 7.50. The zero-order valence-corrected chi connectivity index (χ0v) is 13.5. The van der Waals surface area contributed by atoms with Gasteiger partial charge in [-0.25, -0.2) is 9.78 Å². The van der Waals surface area contributed by atoms with Gasteiger partial charge in [0.1, 0.15) is 0 Å². The molecule has 0 amide bonds.